The van der Waals surface area contributed by atoms with Crippen LogP contribution < -0.4 is 10.2 Å². The number of nitrogens with zero attached hydrogens (tertiary/aromatic N) is 2. The Morgan fingerprint density at radius 2 is 2.20 bits per heavy atom. The summed E-state index contributed by atoms with van der Waals surface area (Å²) in [4.78, 5) is 6.49. The van der Waals surface area contributed by atoms with Gasteiger partial charge in [0, 0.05) is 19.1 Å². The SMILES string of the molecule is CCC(C)(C)N(C)c1nc(CNC)co1. The van der Waals surface area contributed by atoms with E-state index in [1.807, 2.05) is 14.1 Å². The van der Waals surface area contributed by atoms with Crippen molar-refractivity contribution in [3.63, 3.8) is 0 Å². The molecule has 1 aromatic heterocycles. The Kier molecular flexibility index (Phi) is 3.74. The molecule has 0 aliphatic rings. The summed E-state index contributed by atoms with van der Waals surface area (Å²) < 4.78 is 5.44. The molecule has 4 nitrogen and oxygen atoms in total. The molecule has 86 valence electrons. The van der Waals surface area contributed by atoms with Crippen molar-refractivity contribution in [2.75, 3.05) is 19.0 Å². The third-order valence-electron chi connectivity index (χ3n) is 2.96. The van der Waals surface area contributed by atoms with E-state index >= 15 is 0 Å². The first-order valence-electron chi connectivity index (χ1n) is 5.34. The molecule has 0 amide bonds. The molecule has 0 aliphatic heterocycles. The highest BCUT2D eigenvalue weighted by Crippen LogP contribution is 2.23. The van der Waals surface area contributed by atoms with E-state index in [4.69, 9.17) is 4.42 Å². The van der Waals surface area contributed by atoms with Crippen molar-refractivity contribution in [1.82, 2.24) is 10.3 Å². The summed E-state index contributed by atoms with van der Waals surface area (Å²) in [7, 11) is 3.91. The fourth-order valence-corrected chi connectivity index (χ4v) is 1.21. The van der Waals surface area contributed by atoms with Gasteiger partial charge in [0.2, 0.25) is 0 Å². The van der Waals surface area contributed by atoms with Crippen molar-refractivity contribution >= 4 is 6.01 Å². The fourth-order valence-electron chi connectivity index (χ4n) is 1.21. The van der Waals surface area contributed by atoms with Crippen LogP contribution in [0.25, 0.3) is 0 Å². The minimum absolute atomic E-state index is 0.0712. The second-order valence-corrected chi connectivity index (χ2v) is 4.38. The zero-order valence-electron chi connectivity index (χ0n) is 10.3. The van der Waals surface area contributed by atoms with Crippen LogP contribution in [0.2, 0.25) is 0 Å². The van der Waals surface area contributed by atoms with Crippen LogP contribution in [0.3, 0.4) is 0 Å². The molecular formula is C11H21N3O. The van der Waals surface area contributed by atoms with Crippen LogP contribution >= 0.6 is 0 Å². The van der Waals surface area contributed by atoms with E-state index in [-0.39, 0.29) is 5.54 Å². The molecule has 0 fully saturated rings. The lowest BCUT2D eigenvalue weighted by molar-refractivity contribution is 0.424. The number of aromatic nitrogens is 1. The predicted octanol–water partition coefficient (Wildman–Crippen LogP) is 2.02. The lowest BCUT2D eigenvalue weighted by atomic mass is 10.0. The third kappa shape index (κ3) is 2.72. The number of hydrogen-bond acceptors (Lipinski definition) is 4. The van der Waals surface area contributed by atoms with Crippen LogP contribution in [0.15, 0.2) is 10.7 Å². The molecule has 0 bridgehead atoms. The maximum Gasteiger partial charge on any atom is 0.297 e. The minimum atomic E-state index is 0.0712. The van der Waals surface area contributed by atoms with E-state index in [9.17, 15) is 0 Å². The lowest BCUT2D eigenvalue weighted by Gasteiger charge is -2.33. The molecule has 0 aromatic carbocycles. The van der Waals surface area contributed by atoms with Crippen molar-refractivity contribution < 1.29 is 4.42 Å². The fraction of sp³-hybridized carbons (Fsp3) is 0.727. The summed E-state index contributed by atoms with van der Waals surface area (Å²) >= 11 is 0. The first kappa shape index (κ1) is 12.0. The van der Waals surface area contributed by atoms with Crippen LogP contribution in [0.5, 0.6) is 0 Å². The van der Waals surface area contributed by atoms with E-state index < -0.39 is 0 Å². The molecule has 1 heterocycles. The van der Waals surface area contributed by atoms with Crippen LogP contribution in [0.4, 0.5) is 6.01 Å². The maximum absolute atomic E-state index is 5.44. The topological polar surface area (TPSA) is 41.3 Å². The van der Waals surface area contributed by atoms with E-state index in [0.29, 0.717) is 6.01 Å². The van der Waals surface area contributed by atoms with Crippen LogP contribution in [-0.4, -0.2) is 24.6 Å². The predicted molar refractivity (Wildman–Crippen MR) is 62.0 cm³/mol. The van der Waals surface area contributed by atoms with Gasteiger partial charge in [-0.2, -0.15) is 4.98 Å². The highest BCUT2D eigenvalue weighted by molar-refractivity contribution is 5.30. The van der Waals surface area contributed by atoms with Gasteiger partial charge in [0.25, 0.3) is 6.01 Å². The maximum atomic E-state index is 5.44. The molecule has 1 aromatic rings. The second kappa shape index (κ2) is 4.66. The number of anilines is 1. The Morgan fingerprint density at radius 1 is 1.53 bits per heavy atom. The van der Waals surface area contributed by atoms with Gasteiger partial charge in [-0.1, -0.05) is 6.92 Å². The number of hydrogen-bond donors (Lipinski definition) is 1. The molecule has 0 spiro atoms. The second-order valence-electron chi connectivity index (χ2n) is 4.38. The molecule has 4 heteroatoms. The van der Waals surface area contributed by atoms with Gasteiger partial charge in [0.15, 0.2) is 0 Å². The van der Waals surface area contributed by atoms with E-state index in [0.717, 1.165) is 18.7 Å². The monoisotopic (exact) mass is 211 g/mol. The van der Waals surface area contributed by atoms with Gasteiger partial charge in [-0.15, -0.1) is 0 Å². The van der Waals surface area contributed by atoms with Crippen molar-refractivity contribution in [3.8, 4) is 0 Å². The molecule has 0 saturated heterocycles. The summed E-state index contributed by atoms with van der Waals surface area (Å²) in [6.07, 6.45) is 2.75. The first-order valence-corrected chi connectivity index (χ1v) is 5.34. The summed E-state index contributed by atoms with van der Waals surface area (Å²) in [5.41, 5.74) is 1.01. The first-order chi connectivity index (χ1) is 7.01. The van der Waals surface area contributed by atoms with E-state index in [1.54, 1.807) is 6.26 Å². The van der Waals surface area contributed by atoms with Gasteiger partial charge >= 0.3 is 0 Å². The average molecular weight is 211 g/mol. The van der Waals surface area contributed by atoms with Gasteiger partial charge in [-0.25, -0.2) is 0 Å². The van der Waals surface area contributed by atoms with E-state index in [1.165, 1.54) is 0 Å². The molecule has 0 unspecified atom stereocenters. The molecule has 15 heavy (non-hydrogen) atoms. The Labute approximate surface area is 91.7 Å². The zero-order valence-corrected chi connectivity index (χ0v) is 10.3. The van der Waals surface area contributed by atoms with Crippen molar-refractivity contribution in [2.45, 2.75) is 39.3 Å². The Morgan fingerprint density at radius 3 is 2.73 bits per heavy atom. The highest BCUT2D eigenvalue weighted by Gasteiger charge is 2.24. The molecule has 1 N–H and O–H groups in total. The van der Waals surface area contributed by atoms with Crippen LogP contribution in [-0.2, 0) is 6.54 Å². The number of nitrogens with one attached hydrogen (secondary N) is 1. The lowest BCUT2D eigenvalue weighted by Crippen LogP contribution is -2.40. The Bertz CT molecular complexity index is 307. The Hall–Kier alpha value is -1.03. The molecule has 0 atom stereocenters. The van der Waals surface area contributed by atoms with Crippen LogP contribution in [0.1, 0.15) is 32.9 Å². The third-order valence-corrected chi connectivity index (χ3v) is 2.96. The standard InChI is InChI=1S/C11H21N3O/c1-6-11(2,3)14(5)10-13-9(7-12-4)8-15-10/h8,12H,6-7H2,1-5H3. The van der Waals surface area contributed by atoms with Gasteiger partial charge < -0.3 is 14.6 Å². The quantitative estimate of drug-likeness (QED) is 0.809. The summed E-state index contributed by atoms with van der Waals surface area (Å²) in [6.45, 7) is 7.25. The largest absolute Gasteiger partial charge is 0.432 e. The smallest absolute Gasteiger partial charge is 0.297 e. The molecule has 0 aliphatic carbocycles. The summed E-state index contributed by atoms with van der Waals surface area (Å²) in [5, 5.41) is 3.05. The normalized spacial score (nSPS) is 11.8. The molecular weight excluding hydrogens is 190 g/mol. The Balaban J connectivity index is 2.78. The number of oxazole rings is 1. The highest BCUT2D eigenvalue weighted by atomic mass is 16.4. The number of rotatable bonds is 5. The molecule has 0 saturated carbocycles. The van der Waals surface area contributed by atoms with Crippen molar-refractivity contribution in [1.29, 1.82) is 0 Å². The van der Waals surface area contributed by atoms with Crippen molar-refractivity contribution in [2.24, 2.45) is 0 Å². The van der Waals surface area contributed by atoms with E-state index in [2.05, 4.69) is 36.0 Å². The molecule has 1 rings (SSSR count). The molecule has 0 radical (unpaired) electrons. The van der Waals surface area contributed by atoms with Gasteiger partial charge in [-0.05, 0) is 27.3 Å². The summed E-state index contributed by atoms with van der Waals surface area (Å²) in [6, 6.07) is 0.687. The van der Waals surface area contributed by atoms with Gasteiger partial charge in [0.05, 0.1) is 5.69 Å². The van der Waals surface area contributed by atoms with Gasteiger partial charge in [0.1, 0.15) is 6.26 Å². The average Bonchev–Trinajstić information content (AvgIpc) is 2.66. The zero-order chi connectivity index (χ0) is 11.5. The van der Waals surface area contributed by atoms with Crippen molar-refractivity contribution in [3.05, 3.63) is 12.0 Å². The minimum Gasteiger partial charge on any atom is -0.432 e. The summed E-state index contributed by atoms with van der Waals surface area (Å²) in [5.74, 6) is 0. The van der Waals surface area contributed by atoms with Gasteiger partial charge in [-0.3, -0.25) is 0 Å². The van der Waals surface area contributed by atoms with Crippen LogP contribution in [0, 0.1) is 0 Å².